The second-order valence-corrected chi connectivity index (χ2v) is 22.5. The molecule has 0 saturated heterocycles. The fourth-order valence-electron chi connectivity index (χ4n) is 11.0. The minimum Gasteiger partial charge on any atom is -0.473 e. The van der Waals surface area contributed by atoms with Crippen LogP contribution in [0.15, 0.2) is 158 Å². The van der Waals surface area contributed by atoms with E-state index >= 15 is 26.3 Å². The second kappa shape index (κ2) is 29.8. The van der Waals surface area contributed by atoms with Gasteiger partial charge in [0.25, 0.3) is 0 Å². The molecule has 97 heavy (non-hydrogen) atoms. The maximum absolute atomic E-state index is 16.2. The molecule has 0 fully saturated rings. The Hall–Kier alpha value is -10.9. The number of halogens is 6. The van der Waals surface area contributed by atoms with Crippen molar-refractivity contribution >= 4 is 34.0 Å². The number of carbonyl (C=O) groups is 2. The van der Waals surface area contributed by atoms with Crippen molar-refractivity contribution in [3.05, 3.63) is 238 Å². The first-order valence-electron chi connectivity index (χ1n) is 30.6. The third kappa shape index (κ3) is 15.1. The van der Waals surface area contributed by atoms with Gasteiger partial charge in [-0.15, -0.1) is 0 Å². The van der Waals surface area contributed by atoms with Crippen LogP contribution in [0.3, 0.4) is 0 Å². The fourth-order valence-corrected chi connectivity index (χ4v) is 11.0. The van der Waals surface area contributed by atoms with Crippen molar-refractivity contribution in [2.45, 2.75) is 52.2 Å². The zero-order chi connectivity index (χ0) is 67.7. The Morgan fingerprint density at radius 2 is 0.825 bits per heavy atom. The maximum Gasteiger partial charge on any atom is 0.346 e. The van der Waals surface area contributed by atoms with Gasteiger partial charge in [0.15, 0.2) is 0 Å². The molecule has 0 amide bonds. The van der Waals surface area contributed by atoms with Gasteiger partial charge in [0.1, 0.15) is 59.8 Å². The summed E-state index contributed by atoms with van der Waals surface area (Å²) < 4.78 is 140. The van der Waals surface area contributed by atoms with E-state index in [4.69, 9.17) is 43.1 Å². The number of hydrogen-bond acceptors (Lipinski definition) is 15. The van der Waals surface area contributed by atoms with Crippen molar-refractivity contribution in [2.75, 3.05) is 54.9 Å². The van der Waals surface area contributed by atoms with Crippen LogP contribution < -0.4 is 9.47 Å². The van der Waals surface area contributed by atoms with E-state index in [0.29, 0.717) is 71.1 Å². The average Bonchev–Trinajstić information content (AvgIpc) is 1.69. The number of methoxy groups -OCH3 is 4. The molecule has 6 aromatic heterocycles. The molecule has 0 atom stereocenters. The SMILES string of the molecule is COCCn1cc(-c2ccc(COc3cccc(-c4cc(F)c(Cc5nc6ccc(C(=O)OC(=O)c7ccc8nc(Cc9cc(F)c(-c%10cccc(OCc%11ccc(-c%12cnn(CCOC)c%12)cc%11F)n%10)cc9F)n(CCOC)c8c7)cc6n5CCOC)cc4F)n3)c(F)c2)cn1. The largest absolute Gasteiger partial charge is 0.473 e. The molecule has 0 radical (unpaired) electrons. The van der Waals surface area contributed by atoms with E-state index in [1.54, 1.807) is 106 Å². The van der Waals surface area contributed by atoms with Gasteiger partial charge in [-0.25, -0.2) is 55.9 Å². The Kier molecular flexibility index (Phi) is 20.4. The van der Waals surface area contributed by atoms with Gasteiger partial charge < -0.3 is 42.3 Å². The highest BCUT2D eigenvalue weighted by molar-refractivity contribution is 6.05. The molecule has 0 aliphatic rings. The van der Waals surface area contributed by atoms with Crippen molar-refractivity contribution < 1.29 is 69.1 Å². The molecule has 6 heterocycles. The molecule has 12 rings (SSSR count). The first-order chi connectivity index (χ1) is 47.1. The predicted octanol–water partition coefficient (Wildman–Crippen LogP) is 13.0. The van der Waals surface area contributed by atoms with Crippen LogP contribution in [0.4, 0.5) is 26.3 Å². The minimum absolute atomic E-state index is 0.0207. The van der Waals surface area contributed by atoms with Gasteiger partial charge in [0, 0.05) is 112 Å². The van der Waals surface area contributed by atoms with Crippen LogP contribution in [-0.4, -0.2) is 115 Å². The summed E-state index contributed by atoms with van der Waals surface area (Å²) in [6, 6.07) is 31.7. The number of rotatable bonds is 28. The minimum atomic E-state index is -0.999. The van der Waals surface area contributed by atoms with Crippen molar-refractivity contribution in [2.24, 2.45) is 0 Å². The maximum atomic E-state index is 16.2. The highest BCUT2D eigenvalue weighted by Gasteiger charge is 2.24. The Balaban J connectivity index is 0.702. The van der Waals surface area contributed by atoms with Crippen molar-refractivity contribution in [3.8, 4) is 56.5 Å². The van der Waals surface area contributed by atoms with E-state index in [0.717, 1.165) is 35.4 Å². The standard InChI is InChI=1S/C72H62F6N10O9/c1-91-23-19-85-39-51(37-79-85)43-11-13-47(55(73)27-43)41-95-69-9-5-7-61(83-69)53-35-57(75)49(29-59(53)77)33-67-81-63-17-15-45(31-65(63)87(67)21-25-93-3)71(89)97-72(90)46-16-18-64-66(32-46)88(22-26-94-4)68(82-64)34-50-30-60(78)54(36-58(50)76)62-8-6-10-70(84-62)96-42-48-14-12-44(28-56(48)74)52-38-80-86(40-52)20-24-92-2/h5-18,27-32,35-40H,19-26,33-34,41-42H2,1-4H3. The van der Waals surface area contributed by atoms with E-state index in [-0.39, 0.29) is 120 Å². The molecule has 496 valence electrons. The number of ether oxygens (including phenoxy) is 7. The first kappa shape index (κ1) is 66.2. The molecule has 25 heteroatoms. The van der Waals surface area contributed by atoms with Gasteiger partial charge in [0.05, 0.1) is 96.5 Å². The summed E-state index contributed by atoms with van der Waals surface area (Å²) in [5.41, 5.74) is 4.60. The van der Waals surface area contributed by atoms with Crippen LogP contribution in [0, 0.1) is 34.9 Å². The van der Waals surface area contributed by atoms with Crippen LogP contribution >= 0.6 is 0 Å². The monoisotopic (exact) mass is 1320 g/mol. The molecule has 0 N–H and O–H groups in total. The lowest BCUT2D eigenvalue weighted by atomic mass is 10.0. The Morgan fingerprint density at radius 3 is 1.24 bits per heavy atom. The first-order valence-corrected chi connectivity index (χ1v) is 30.6. The Labute approximate surface area is 551 Å². The summed E-state index contributed by atoms with van der Waals surface area (Å²) in [7, 11) is 6.18. The molecular weight excluding hydrogens is 1260 g/mol. The van der Waals surface area contributed by atoms with Gasteiger partial charge in [-0.3, -0.25) is 9.36 Å². The van der Waals surface area contributed by atoms with Crippen molar-refractivity contribution in [1.82, 2.24) is 48.6 Å². The number of imidazole rings is 2. The number of pyridine rings is 2. The van der Waals surface area contributed by atoms with Crippen molar-refractivity contribution in [1.29, 1.82) is 0 Å². The zero-order valence-corrected chi connectivity index (χ0v) is 52.9. The van der Waals surface area contributed by atoms with Gasteiger partial charge in [-0.05, 0) is 107 Å². The molecule has 6 aromatic carbocycles. The summed E-state index contributed by atoms with van der Waals surface area (Å²) >= 11 is 0. The summed E-state index contributed by atoms with van der Waals surface area (Å²) in [6.07, 6.45) is 6.51. The smallest absolute Gasteiger partial charge is 0.346 e. The predicted molar refractivity (Wildman–Crippen MR) is 345 cm³/mol. The number of fused-ring (bicyclic) bond motifs is 2. The summed E-state index contributed by atoms with van der Waals surface area (Å²) in [6.45, 7) is 2.39. The number of aromatic nitrogens is 10. The van der Waals surface area contributed by atoms with Gasteiger partial charge >= 0.3 is 11.9 Å². The summed E-state index contributed by atoms with van der Waals surface area (Å²) in [5, 5.41) is 8.57. The number of benzene rings is 6. The normalized spacial score (nSPS) is 11.5. The van der Waals surface area contributed by atoms with Crippen LogP contribution in [0.1, 0.15) is 54.6 Å². The highest BCUT2D eigenvalue weighted by atomic mass is 19.1. The molecule has 0 spiro atoms. The summed E-state index contributed by atoms with van der Waals surface area (Å²) in [5.74, 6) is -5.35. The number of nitrogens with zero attached hydrogens (tertiary/aromatic N) is 10. The van der Waals surface area contributed by atoms with Crippen molar-refractivity contribution in [3.63, 3.8) is 0 Å². The molecule has 0 bridgehead atoms. The van der Waals surface area contributed by atoms with E-state index in [9.17, 15) is 9.59 Å². The Morgan fingerprint density at radius 1 is 0.412 bits per heavy atom. The average molecular weight is 1330 g/mol. The molecular formula is C72H62F6N10O9. The lowest BCUT2D eigenvalue weighted by Crippen LogP contribution is -2.14. The van der Waals surface area contributed by atoms with Crippen LogP contribution in [-0.2, 0) is 75.9 Å². The third-order valence-corrected chi connectivity index (χ3v) is 16.2. The van der Waals surface area contributed by atoms with Crippen LogP contribution in [0.25, 0.3) is 66.8 Å². The molecule has 19 nitrogen and oxygen atoms in total. The van der Waals surface area contributed by atoms with Gasteiger partial charge in [-0.1, -0.05) is 36.4 Å². The number of esters is 2. The fraction of sp³-hybridized carbons (Fsp3) is 0.222. The number of carbonyl (C=O) groups excluding carboxylic acids is 2. The molecule has 0 aliphatic carbocycles. The van der Waals surface area contributed by atoms with E-state index in [1.807, 2.05) is 0 Å². The molecule has 0 saturated carbocycles. The molecule has 12 aromatic rings. The van der Waals surface area contributed by atoms with Crippen LogP contribution in [0.2, 0.25) is 0 Å². The lowest BCUT2D eigenvalue weighted by Gasteiger charge is -2.12. The van der Waals surface area contributed by atoms with E-state index in [1.165, 1.54) is 74.9 Å². The topological polar surface area (TPSA) is 196 Å². The van der Waals surface area contributed by atoms with Gasteiger partial charge in [-0.2, -0.15) is 10.2 Å². The zero-order valence-electron chi connectivity index (χ0n) is 52.9. The number of hydrogen-bond donors (Lipinski definition) is 0. The second-order valence-electron chi connectivity index (χ2n) is 22.5. The van der Waals surface area contributed by atoms with Crippen LogP contribution in [0.5, 0.6) is 11.8 Å². The summed E-state index contributed by atoms with van der Waals surface area (Å²) in [4.78, 5) is 45.9. The van der Waals surface area contributed by atoms with Gasteiger partial charge in [0.2, 0.25) is 11.8 Å². The quantitative estimate of drug-likeness (QED) is 0.0255. The molecule has 0 aliphatic heterocycles. The molecule has 0 unspecified atom stereocenters. The Bertz CT molecular complexity index is 4580. The third-order valence-electron chi connectivity index (χ3n) is 16.2. The highest BCUT2D eigenvalue weighted by Crippen LogP contribution is 2.33. The van der Waals surface area contributed by atoms with E-state index < -0.39 is 46.8 Å². The van der Waals surface area contributed by atoms with E-state index in [2.05, 4.69) is 20.2 Å². The lowest BCUT2D eigenvalue weighted by molar-refractivity contribution is 0.0397.